The second-order valence-electron chi connectivity index (χ2n) is 2.92. The van der Waals surface area contributed by atoms with Crippen LogP contribution in [-0.2, 0) is 0 Å². The van der Waals surface area contributed by atoms with E-state index in [0.29, 0.717) is 5.82 Å². The van der Waals surface area contributed by atoms with Gasteiger partial charge in [-0.05, 0) is 41.6 Å². The van der Waals surface area contributed by atoms with Crippen molar-refractivity contribution in [3.63, 3.8) is 0 Å². The smallest absolute Gasteiger partial charge is 0.169 e. The van der Waals surface area contributed by atoms with Crippen molar-refractivity contribution in [2.45, 2.75) is 6.92 Å². The molecule has 0 saturated heterocycles. The fourth-order valence-corrected chi connectivity index (χ4v) is 1.81. The van der Waals surface area contributed by atoms with Gasteiger partial charge in [-0.2, -0.15) is 0 Å². The third-order valence-electron chi connectivity index (χ3n) is 2.01. The van der Waals surface area contributed by atoms with E-state index in [1.54, 1.807) is 4.68 Å². The molecule has 2 rings (SSSR count). The van der Waals surface area contributed by atoms with Crippen LogP contribution < -0.4 is 5.73 Å². The Balaban J connectivity index is 2.60. The fraction of sp³-hybridized carbons (Fsp3) is 0.111. The molecule has 2 aromatic rings. The number of nitrogens with two attached hydrogens (primary N) is 1. The van der Waals surface area contributed by atoms with Gasteiger partial charge >= 0.3 is 0 Å². The van der Waals surface area contributed by atoms with Crippen molar-refractivity contribution in [2.24, 2.45) is 0 Å². The molecular formula is C9H9IN4. The van der Waals surface area contributed by atoms with E-state index in [-0.39, 0.29) is 0 Å². The zero-order valence-electron chi connectivity index (χ0n) is 7.61. The van der Waals surface area contributed by atoms with Gasteiger partial charge in [0.25, 0.3) is 0 Å². The number of anilines is 1. The largest absolute Gasteiger partial charge is 0.381 e. The standard InChI is InChI=1S/C9H9IN4/c1-6-9(11)12-13-14(6)8-5-3-2-4-7(8)10/h2-5H,11H2,1H3. The van der Waals surface area contributed by atoms with Gasteiger partial charge in [-0.15, -0.1) is 5.10 Å². The van der Waals surface area contributed by atoms with Gasteiger partial charge in [-0.3, -0.25) is 0 Å². The quantitative estimate of drug-likeness (QED) is 0.817. The van der Waals surface area contributed by atoms with Crippen molar-refractivity contribution < 1.29 is 0 Å². The van der Waals surface area contributed by atoms with E-state index in [1.807, 2.05) is 31.2 Å². The minimum absolute atomic E-state index is 0.477. The molecule has 0 spiro atoms. The maximum atomic E-state index is 5.63. The minimum Gasteiger partial charge on any atom is -0.381 e. The summed E-state index contributed by atoms with van der Waals surface area (Å²) < 4.78 is 2.87. The van der Waals surface area contributed by atoms with Crippen LogP contribution in [0.2, 0.25) is 0 Å². The summed E-state index contributed by atoms with van der Waals surface area (Å²) in [5, 5.41) is 7.80. The average Bonchev–Trinajstić information content (AvgIpc) is 2.49. The van der Waals surface area contributed by atoms with E-state index < -0.39 is 0 Å². The lowest BCUT2D eigenvalue weighted by Gasteiger charge is -2.04. The summed E-state index contributed by atoms with van der Waals surface area (Å²) in [4.78, 5) is 0. The lowest BCUT2D eigenvalue weighted by Crippen LogP contribution is -2.01. The topological polar surface area (TPSA) is 56.7 Å². The highest BCUT2D eigenvalue weighted by atomic mass is 127. The van der Waals surface area contributed by atoms with Crippen molar-refractivity contribution in [2.75, 3.05) is 5.73 Å². The van der Waals surface area contributed by atoms with Crippen molar-refractivity contribution in [1.29, 1.82) is 0 Å². The molecule has 1 heterocycles. The summed E-state index contributed by atoms with van der Waals surface area (Å²) in [6.45, 7) is 1.90. The fourth-order valence-electron chi connectivity index (χ4n) is 1.19. The first-order valence-electron chi connectivity index (χ1n) is 4.13. The number of hydrogen-bond donors (Lipinski definition) is 1. The molecule has 4 nitrogen and oxygen atoms in total. The van der Waals surface area contributed by atoms with Crippen molar-refractivity contribution in [3.05, 3.63) is 33.5 Å². The first kappa shape index (κ1) is 9.45. The molecule has 0 radical (unpaired) electrons. The molecule has 0 aliphatic heterocycles. The monoisotopic (exact) mass is 300 g/mol. The lowest BCUT2D eigenvalue weighted by molar-refractivity contribution is 0.782. The maximum Gasteiger partial charge on any atom is 0.169 e. The summed E-state index contributed by atoms with van der Waals surface area (Å²) >= 11 is 2.26. The zero-order valence-corrected chi connectivity index (χ0v) is 9.76. The Bertz CT molecular complexity index is 464. The molecule has 0 amide bonds. The average molecular weight is 300 g/mol. The molecule has 0 saturated carbocycles. The van der Waals surface area contributed by atoms with Crippen molar-refractivity contribution >= 4 is 28.4 Å². The van der Waals surface area contributed by atoms with Gasteiger partial charge in [0, 0.05) is 3.57 Å². The number of benzene rings is 1. The predicted octanol–water partition coefficient (Wildman–Crippen LogP) is 1.76. The van der Waals surface area contributed by atoms with E-state index in [2.05, 4.69) is 32.9 Å². The summed E-state index contributed by atoms with van der Waals surface area (Å²) in [6, 6.07) is 7.96. The highest BCUT2D eigenvalue weighted by molar-refractivity contribution is 14.1. The van der Waals surface area contributed by atoms with Crippen LogP contribution in [0.1, 0.15) is 5.69 Å². The predicted molar refractivity (Wildman–Crippen MR) is 63.2 cm³/mol. The molecule has 0 fully saturated rings. The van der Waals surface area contributed by atoms with Gasteiger partial charge in [-0.1, -0.05) is 17.3 Å². The number of rotatable bonds is 1. The Kier molecular flexibility index (Phi) is 2.40. The molecule has 1 aromatic heterocycles. The number of para-hydroxylation sites is 1. The zero-order chi connectivity index (χ0) is 10.1. The Labute approximate surface area is 95.3 Å². The Morgan fingerprint density at radius 3 is 2.64 bits per heavy atom. The first-order chi connectivity index (χ1) is 6.70. The maximum absolute atomic E-state index is 5.63. The van der Waals surface area contributed by atoms with Crippen molar-refractivity contribution in [3.8, 4) is 5.69 Å². The third-order valence-corrected chi connectivity index (χ3v) is 2.92. The molecule has 1 aromatic carbocycles. The summed E-state index contributed by atoms with van der Waals surface area (Å²) in [6.07, 6.45) is 0. The molecule has 14 heavy (non-hydrogen) atoms. The van der Waals surface area contributed by atoms with Crippen LogP contribution in [0.3, 0.4) is 0 Å². The molecule has 0 atom stereocenters. The Morgan fingerprint density at radius 1 is 1.36 bits per heavy atom. The van der Waals surface area contributed by atoms with Gasteiger partial charge in [0.15, 0.2) is 5.82 Å². The summed E-state index contributed by atoms with van der Waals surface area (Å²) in [5.74, 6) is 0.477. The molecule has 0 bridgehead atoms. The SMILES string of the molecule is Cc1c(N)nnn1-c1ccccc1I. The molecule has 5 heteroatoms. The summed E-state index contributed by atoms with van der Waals surface area (Å²) in [5.41, 5.74) is 7.51. The number of halogens is 1. The van der Waals surface area contributed by atoms with Gasteiger partial charge in [0.2, 0.25) is 0 Å². The second-order valence-corrected chi connectivity index (χ2v) is 4.09. The van der Waals surface area contributed by atoms with Gasteiger partial charge < -0.3 is 5.73 Å². The van der Waals surface area contributed by atoms with Crippen LogP contribution in [0.4, 0.5) is 5.82 Å². The number of nitrogens with zero attached hydrogens (tertiary/aromatic N) is 3. The molecule has 0 aliphatic carbocycles. The molecular weight excluding hydrogens is 291 g/mol. The third kappa shape index (κ3) is 1.47. The summed E-state index contributed by atoms with van der Waals surface area (Å²) in [7, 11) is 0. The van der Waals surface area contributed by atoms with Crippen LogP contribution >= 0.6 is 22.6 Å². The minimum atomic E-state index is 0.477. The van der Waals surface area contributed by atoms with E-state index in [4.69, 9.17) is 5.73 Å². The van der Waals surface area contributed by atoms with E-state index in [1.165, 1.54) is 0 Å². The number of aromatic nitrogens is 3. The second kappa shape index (κ2) is 3.56. The molecule has 0 unspecified atom stereocenters. The highest BCUT2D eigenvalue weighted by Gasteiger charge is 2.08. The molecule has 72 valence electrons. The first-order valence-corrected chi connectivity index (χ1v) is 5.20. The number of nitrogen functional groups attached to an aromatic ring is 1. The number of hydrogen-bond acceptors (Lipinski definition) is 3. The van der Waals surface area contributed by atoms with E-state index in [9.17, 15) is 0 Å². The van der Waals surface area contributed by atoms with E-state index >= 15 is 0 Å². The van der Waals surface area contributed by atoms with Crippen LogP contribution in [0.15, 0.2) is 24.3 Å². The van der Waals surface area contributed by atoms with Gasteiger partial charge in [0.05, 0.1) is 11.4 Å². The lowest BCUT2D eigenvalue weighted by atomic mass is 10.3. The Morgan fingerprint density at radius 2 is 2.07 bits per heavy atom. The van der Waals surface area contributed by atoms with Crippen LogP contribution in [0.25, 0.3) is 5.69 Å². The van der Waals surface area contributed by atoms with Gasteiger partial charge in [0.1, 0.15) is 0 Å². The van der Waals surface area contributed by atoms with Crippen LogP contribution in [0, 0.1) is 10.5 Å². The molecule has 0 aliphatic rings. The normalized spacial score (nSPS) is 10.4. The highest BCUT2D eigenvalue weighted by Crippen LogP contribution is 2.18. The van der Waals surface area contributed by atoms with E-state index in [0.717, 1.165) is 15.0 Å². The van der Waals surface area contributed by atoms with Crippen molar-refractivity contribution in [1.82, 2.24) is 15.0 Å². The molecule has 2 N–H and O–H groups in total. The van der Waals surface area contributed by atoms with Crippen LogP contribution in [-0.4, -0.2) is 15.0 Å². The van der Waals surface area contributed by atoms with Crippen LogP contribution in [0.5, 0.6) is 0 Å². The van der Waals surface area contributed by atoms with Gasteiger partial charge in [-0.25, -0.2) is 4.68 Å². The Hall–Kier alpha value is -1.11.